The third kappa shape index (κ3) is 35.1. The van der Waals surface area contributed by atoms with Gasteiger partial charge in [-0.3, -0.25) is 35.3 Å². The second-order valence-corrected chi connectivity index (χ2v) is 28.5. The van der Waals surface area contributed by atoms with Crippen molar-refractivity contribution in [3.8, 4) is 0 Å². The molecule has 0 aromatic carbocycles. The first-order valence-corrected chi connectivity index (χ1v) is 40.6. The van der Waals surface area contributed by atoms with E-state index in [9.17, 15) is 23.4 Å². The van der Waals surface area contributed by atoms with Crippen molar-refractivity contribution in [3.05, 3.63) is 95.5 Å². The average Bonchev–Trinajstić information content (AvgIpc) is 1.73. The van der Waals surface area contributed by atoms with Crippen LogP contribution in [0.4, 0.5) is 40.3 Å². The average molecular weight is 1850 g/mol. The second-order valence-electron chi connectivity index (χ2n) is 26.9. The van der Waals surface area contributed by atoms with Crippen molar-refractivity contribution < 1.29 is 31.7 Å². The van der Waals surface area contributed by atoms with Crippen molar-refractivity contribution in [1.29, 1.82) is 0 Å². The van der Waals surface area contributed by atoms with Crippen LogP contribution in [0.25, 0.3) is 0 Å². The van der Waals surface area contributed by atoms with Crippen molar-refractivity contribution >= 4 is 89.1 Å². The Morgan fingerprint density at radius 3 is 1.23 bits per heavy atom. The summed E-state index contributed by atoms with van der Waals surface area (Å²) >= 11 is 8.02. The molecule has 2 unspecified atom stereocenters. The third-order valence-electron chi connectivity index (χ3n) is 17.3. The highest BCUT2D eigenvalue weighted by Gasteiger charge is 2.32. The Morgan fingerprint density at radius 2 is 0.883 bits per heavy atom. The van der Waals surface area contributed by atoms with E-state index in [0.717, 1.165) is 166 Å². The Labute approximate surface area is 733 Å². The topological polar surface area (TPSA) is 845 Å². The maximum absolute atomic E-state index is 11.3. The zero-order valence-corrected chi connectivity index (χ0v) is 72.9. The Kier molecular flexibility index (Phi) is 39.9. The molecule has 18 N–H and O–H groups in total. The molecule has 2 atom stereocenters. The number of carbonyl (C=O) groups is 2. The van der Waals surface area contributed by atoms with E-state index in [1.54, 1.807) is 11.9 Å². The monoisotopic (exact) mass is 1840 g/mol. The number of aryl methyl sites for hydroxylation is 9. The number of hydroxylamine groups is 1. The van der Waals surface area contributed by atoms with Crippen LogP contribution in [-0.2, 0) is 71.7 Å². The number of nitrogens with zero attached hydrogens (tertiary/aromatic N) is 40. The Hall–Kier alpha value is -15.4. The van der Waals surface area contributed by atoms with E-state index in [1.807, 2.05) is 90.6 Å². The van der Waals surface area contributed by atoms with E-state index in [0.29, 0.717) is 88.2 Å². The van der Waals surface area contributed by atoms with Gasteiger partial charge < -0.3 is 53.2 Å². The largest absolute Gasteiger partial charge is 0.380 e. The normalized spacial score (nSPS) is 12.8. The van der Waals surface area contributed by atoms with Crippen LogP contribution in [0.15, 0.2) is 40.1 Å². The summed E-state index contributed by atoms with van der Waals surface area (Å²) in [7, 11) is 15.0. The smallest absolute Gasteiger partial charge is 0.367 e. The molecule has 3 amide bonds. The number of imide groups is 1. The molecule has 1 saturated heterocycles. The highest BCUT2D eigenvalue weighted by Crippen LogP contribution is 2.12. The molecule has 2 aliphatic rings. The number of amides is 3. The number of H-pyrrole nitrogens is 15. The first-order valence-electron chi connectivity index (χ1n) is 38.8. The number of urea groups is 1. The number of nitrogens with one attached hydrogen (secondary N) is 18. The number of tetrazole rings is 8. The van der Waals surface area contributed by atoms with Crippen LogP contribution in [0.5, 0.6) is 0 Å². The fraction of sp³-hybridized carbons (Fsp3) is 0.586. The fourth-order valence-corrected chi connectivity index (χ4v) is 11.4. The molecule has 67 nitrogen and oxygen atoms in total. The van der Waals surface area contributed by atoms with Gasteiger partial charge >= 0.3 is 39.5 Å². The summed E-state index contributed by atoms with van der Waals surface area (Å²) in [5, 5.41) is 141. The lowest BCUT2D eigenvalue weighted by Gasteiger charge is -2.20. The van der Waals surface area contributed by atoms with Gasteiger partial charge in [0.05, 0.1) is 6.20 Å². The van der Waals surface area contributed by atoms with Crippen molar-refractivity contribution in [2.24, 2.45) is 4.40 Å². The molecule has 690 valence electrons. The molecule has 0 spiro atoms. The van der Waals surface area contributed by atoms with Gasteiger partial charge in [0.15, 0.2) is 59.1 Å². The standard InChI is InChI=1S/C8H14N8.C8H13N7O2.C8H12N6O2.C7H12N8O.C7H12N8S.C7H11N7OS.C7H11N7O.C6H11N7O2S/c1-6-9-8(13-10-6)16(2)5-3-4-7-11-14-15-12-7;1-15(6-7(16)10-8(17)9-6)4-2-3-5-11-13-14-12-5;1-14(6-5-9-16-8(6)15)4-2-3-7-10-12-13-11-7;2*1-15(6-8-7(16)12-11-6)4-2-3-5-9-13-14-10-5;1-14(6-8-7(16)15-11-6)4-2-3-5-9-12-13-10-5;1-14(7-8-5-9-15-7)4-2-3-6-10-12-13-11-6;1-13(6-9-15-16(14)10-6)4-2-3-5-7-11-12-8-5/h3-5H2,1-2H3,(H,9,10,13)(H,11,12,14,15);6H,2-4H2,1H3,(H2,9,10,16,17)(H,11,12,13,14);5,9H,2-4H2,1H3,(H,10,11,12,13);2*2-4H2,1H3,(H2,8,11,12,16)(H,9,10,13,14);2-4H2,1H3,(H,8,11,16)(H,9,10,12,13);5H,2-4H2,1H3,(H,10,11,12,13);2-4H2,1H3,(H,9,10)(H,7,8,11,12). The molecule has 0 bridgehead atoms. The molecule has 1 fully saturated rings. The number of guanidine groups is 1. The first-order chi connectivity index (χ1) is 62.1. The van der Waals surface area contributed by atoms with Crippen molar-refractivity contribution in [2.75, 3.05) is 138 Å². The molecule has 70 heteroatoms. The van der Waals surface area contributed by atoms with Crippen LogP contribution >= 0.6 is 24.4 Å². The van der Waals surface area contributed by atoms with E-state index < -0.39 is 23.5 Å². The van der Waals surface area contributed by atoms with Crippen LogP contribution in [0.2, 0.25) is 0 Å². The highest BCUT2D eigenvalue weighted by molar-refractivity contribution is 7.79. The lowest BCUT2D eigenvalue weighted by molar-refractivity contribution is -0.123. The van der Waals surface area contributed by atoms with Crippen LogP contribution < -0.4 is 56.8 Å². The number of carbonyl (C=O) groups excluding carboxylic acids is 2. The number of anilines is 6. The fourth-order valence-electron chi connectivity index (χ4n) is 10.6. The van der Waals surface area contributed by atoms with Gasteiger partial charge in [-0.25, -0.2) is 34.3 Å². The molecule has 0 aliphatic carbocycles. The van der Waals surface area contributed by atoms with Gasteiger partial charge in [-0.1, -0.05) is 46.9 Å². The predicted octanol–water partition coefficient (Wildman–Crippen LogP) is -5.30. The minimum atomic E-state index is -1.61. The zero-order chi connectivity index (χ0) is 91.0. The molecule has 14 aromatic heterocycles. The van der Waals surface area contributed by atoms with E-state index in [4.69, 9.17) is 33.5 Å². The van der Waals surface area contributed by atoms with Gasteiger partial charge in [0.25, 0.3) is 5.91 Å². The number of hydrogen-bond donors (Lipinski definition) is 18. The molecule has 0 saturated carbocycles. The molecule has 128 heavy (non-hydrogen) atoms. The van der Waals surface area contributed by atoms with Gasteiger partial charge in [0, 0.05) is 153 Å². The molecule has 14 aromatic rings. The summed E-state index contributed by atoms with van der Waals surface area (Å²) in [6.45, 7) is 8.00. The quantitative estimate of drug-likeness (QED) is 0.0126. The highest BCUT2D eigenvalue weighted by atomic mass is 32.2. The third-order valence-corrected chi connectivity index (χ3v) is 18.2. The van der Waals surface area contributed by atoms with Gasteiger partial charge in [-0.15, -0.1) is 96.2 Å². The Morgan fingerprint density at radius 1 is 0.453 bits per heavy atom. The van der Waals surface area contributed by atoms with Crippen LogP contribution in [0.1, 0.15) is 104 Å². The summed E-state index contributed by atoms with van der Waals surface area (Å²) in [6, 6.07) is 0.0631. The zero-order valence-electron chi connectivity index (χ0n) is 70.5. The SMILES string of the molecule is CN(CCCc1nn[nH]n1)C1=NS(=O)ON1.CN(CCCc1nn[nH]n1)C1NC(=O)NC1=O.CN(CCCc1nn[nH]n1)c1c[nH]oc1=O.CN(CCCc1nn[nH]n1)c1n[nH]c(=O)[nH]1.CN(CCCc1nn[nH]n1)c1nc(=S)[nH][nH]1.CN(CCCc1nn[nH]n1)c1nc(=S)o[nH]1.CN(CCCc1nn[nH]n1)c1ncno1.Cc1nc(N(C)CCCc2nn[nH]n2)n[nH]1. The van der Waals surface area contributed by atoms with E-state index in [2.05, 4.69) is 265 Å². The van der Waals surface area contributed by atoms with E-state index in [1.165, 1.54) is 12.5 Å². The van der Waals surface area contributed by atoms with Crippen LogP contribution in [0.3, 0.4) is 0 Å². The molecule has 16 rings (SSSR count). The summed E-state index contributed by atoms with van der Waals surface area (Å²) in [4.78, 5) is 78.3. The number of likely N-dealkylation sites (N-methyl/N-ethyl adjacent to an activating group) is 1. The predicted molar refractivity (Wildman–Crippen MR) is 445 cm³/mol. The van der Waals surface area contributed by atoms with Crippen molar-refractivity contribution in [2.45, 2.75) is 116 Å². The minimum Gasteiger partial charge on any atom is -0.367 e. The minimum absolute atomic E-state index is 0.208. The second kappa shape index (κ2) is 52.9. The maximum atomic E-state index is 11.3. The molecule has 2 aliphatic heterocycles. The summed E-state index contributed by atoms with van der Waals surface area (Å²) < 4.78 is 33.9. The number of aromatic nitrogens is 46. The van der Waals surface area contributed by atoms with Gasteiger partial charge in [0.2, 0.25) is 34.5 Å². The molecule has 0 radical (unpaired) electrons. The first kappa shape index (κ1) is 96.4. The van der Waals surface area contributed by atoms with E-state index in [-0.39, 0.29) is 22.1 Å². The summed E-state index contributed by atoms with van der Waals surface area (Å²) in [5.74, 6) is 9.12. The molecular weight excluding hydrogens is 1750 g/mol. The Balaban J connectivity index is 0.000000165. The van der Waals surface area contributed by atoms with Crippen molar-refractivity contribution in [3.63, 3.8) is 0 Å². The van der Waals surface area contributed by atoms with Gasteiger partial charge in [0.1, 0.15) is 11.5 Å². The maximum Gasteiger partial charge on any atom is 0.380 e. The van der Waals surface area contributed by atoms with Crippen LogP contribution in [0, 0.1) is 16.5 Å². The number of rotatable bonds is 39. The lowest BCUT2D eigenvalue weighted by Crippen LogP contribution is -2.45. The van der Waals surface area contributed by atoms with Crippen molar-refractivity contribution in [1.82, 2.24) is 262 Å². The van der Waals surface area contributed by atoms with Gasteiger partial charge in [-0.2, -0.15) is 71.1 Å². The van der Waals surface area contributed by atoms with Gasteiger partial charge in [-0.05, 0) is 89.8 Å². The molecular formula is C58H96N58O9S3. The Bertz CT molecular complexity index is 5290. The summed E-state index contributed by atoms with van der Waals surface area (Å²) in [6.07, 6.45) is 15.2. The lowest BCUT2D eigenvalue weighted by atomic mass is 10.2. The van der Waals surface area contributed by atoms with E-state index >= 15 is 0 Å². The molecule has 16 heterocycles. The number of hydrogen-bond acceptors (Lipinski definition) is 51. The van der Waals surface area contributed by atoms with Crippen LogP contribution in [-0.4, -0.2) is 383 Å². The summed E-state index contributed by atoms with van der Waals surface area (Å²) in [5.41, 5.74) is 2.33. The number of aromatic amines is 15.